The lowest BCUT2D eigenvalue weighted by Gasteiger charge is -2.09. The van der Waals surface area contributed by atoms with Crippen molar-refractivity contribution in [1.82, 2.24) is 9.38 Å². The third kappa shape index (κ3) is 3.13. The summed E-state index contributed by atoms with van der Waals surface area (Å²) in [6.07, 6.45) is 1.82. The predicted molar refractivity (Wildman–Crippen MR) is 102 cm³/mol. The van der Waals surface area contributed by atoms with Crippen molar-refractivity contribution in [3.8, 4) is 17.0 Å². The van der Waals surface area contributed by atoms with Crippen molar-refractivity contribution in [2.75, 3.05) is 12.4 Å². The van der Waals surface area contributed by atoms with Crippen LogP contribution >= 0.6 is 0 Å². The molecule has 0 aliphatic rings. The van der Waals surface area contributed by atoms with Gasteiger partial charge in [0.05, 0.1) is 7.11 Å². The number of amides is 1. The van der Waals surface area contributed by atoms with Crippen LogP contribution in [0.5, 0.6) is 5.75 Å². The van der Waals surface area contributed by atoms with E-state index in [0.717, 1.165) is 11.6 Å². The number of anilines is 1. The summed E-state index contributed by atoms with van der Waals surface area (Å²) < 4.78 is 20.7. The van der Waals surface area contributed by atoms with Crippen molar-refractivity contribution in [3.05, 3.63) is 84.3 Å². The molecule has 2 heterocycles. The molecule has 1 amide bonds. The van der Waals surface area contributed by atoms with E-state index in [-0.39, 0.29) is 11.3 Å². The summed E-state index contributed by atoms with van der Waals surface area (Å²) in [6, 6.07) is 19.3. The number of pyridine rings is 1. The summed E-state index contributed by atoms with van der Waals surface area (Å²) in [5.41, 5.74) is 2.41. The van der Waals surface area contributed by atoms with Crippen LogP contribution < -0.4 is 10.1 Å². The fourth-order valence-electron chi connectivity index (χ4n) is 2.90. The van der Waals surface area contributed by atoms with Crippen LogP contribution in [-0.4, -0.2) is 22.4 Å². The molecule has 1 N–H and O–H groups in total. The largest absolute Gasteiger partial charge is 0.494 e. The van der Waals surface area contributed by atoms with E-state index in [1.165, 1.54) is 19.2 Å². The maximum Gasteiger partial charge on any atom is 0.256 e. The number of benzene rings is 2. The first-order valence-electron chi connectivity index (χ1n) is 8.35. The number of hydrogen-bond donors (Lipinski definition) is 1. The number of fused-ring (bicyclic) bond motifs is 1. The predicted octanol–water partition coefficient (Wildman–Crippen LogP) is 4.40. The lowest BCUT2D eigenvalue weighted by Crippen LogP contribution is -2.14. The van der Waals surface area contributed by atoms with Gasteiger partial charge in [0, 0.05) is 17.3 Å². The Morgan fingerprint density at radius 2 is 1.85 bits per heavy atom. The Labute approximate surface area is 155 Å². The van der Waals surface area contributed by atoms with Gasteiger partial charge in [0.15, 0.2) is 11.6 Å². The third-order valence-corrected chi connectivity index (χ3v) is 4.22. The number of imidazole rings is 1. The summed E-state index contributed by atoms with van der Waals surface area (Å²) in [5, 5.41) is 2.87. The number of hydrogen-bond acceptors (Lipinski definition) is 3. The van der Waals surface area contributed by atoms with Crippen molar-refractivity contribution in [3.63, 3.8) is 0 Å². The minimum absolute atomic E-state index is 0.0892. The molecule has 4 rings (SSSR count). The van der Waals surface area contributed by atoms with Crippen LogP contribution in [0.1, 0.15) is 10.4 Å². The van der Waals surface area contributed by atoms with E-state index < -0.39 is 11.7 Å². The molecule has 0 bridgehead atoms. The Morgan fingerprint density at radius 1 is 1.07 bits per heavy atom. The molecule has 0 saturated heterocycles. The SMILES string of the molecule is COc1ccc(C(=O)Nc2c(-c3ccccc3)nc3ccccn23)cc1F. The normalized spacial score (nSPS) is 10.7. The van der Waals surface area contributed by atoms with Gasteiger partial charge < -0.3 is 10.1 Å². The number of ether oxygens (including phenoxy) is 1. The summed E-state index contributed by atoms with van der Waals surface area (Å²) in [6.45, 7) is 0. The van der Waals surface area contributed by atoms with Crippen molar-refractivity contribution < 1.29 is 13.9 Å². The van der Waals surface area contributed by atoms with E-state index in [4.69, 9.17) is 4.74 Å². The topological polar surface area (TPSA) is 55.6 Å². The molecule has 0 spiro atoms. The van der Waals surface area contributed by atoms with E-state index in [2.05, 4.69) is 10.3 Å². The summed E-state index contributed by atoms with van der Waals surface area (Å²) >= 11 is 0. The molecule has 4 aromatic rings. The van der Waals surface area contributed by atoms with Gasteiger partial charge in [-0.05, 0) is 30.3 Å². The summed E-state index contributed by atoms with van der Waals surface area (Å²) in [5.74, 6) is -0.407. The van der Waals surface area contributed by atoms with Crippen molar-refractivity contribution >= 4 is 17.4 Å². The van der Waals surface area contributed by atoms with Crippen molar-refractivity contribution in [2.45, 2.75) is 0 Å². The van der Waals surface area contributed by atoms with Gasteiger partial charge in [-0.15, -0.1) is 0 Å². The Bertz CT molecular complexity index is 1120. The zero-order chi connectivity index (χ0) is 18.8. The van der Waals surface area contributed by atoms with E-state index >= 15 is 0 Å². The van der Waals surface area contributed by atoms with Gasteiger partial charge in [-0.1, -0.05) is 36.4 Å². The number of halogens is 1. The van der Waals surface area contributed by atoms with E-state index in [1.54, 1.807) is 4.40 Å². The molecular formula is C21H16FN3O2. The van der Waals surface area contributed by atoms with Gasteiger partial charge in [0.1, 0.15) is 17.2 Å². The molecule has 134 valence electrons. The highest BCUT2D eigenvalue weighted by molar-refractivity contribution is 6.05. The molecule has 0 saturated carbocycles. The quantitative estimate of drug-likeness (QED) is 0.586. The zero-order valence-corrected chi connectivity index (χ0v) is 14.5. The summed E-state index contributed by atoms with van der Waals surface area (Å²) in [7, 11) is 1.38. The average molecular weight is 361 g/mol. The molecule has 0 radical (unpaired) electrons. The second kappa shape index (κ2) is 6.92. The first-order chi connectivity index (χ1) is 13.2. The standard InChI is InChI=1S/C21H16FN3O2/c1-27-17-11-10-15(13-16(17)22)21(26)24-20-19(14-7-3-2-4-8-14)23-18-9-5-6-12-25(18)20/h2-13H,1H3,(H,24,26). The number of aromatic nitrogens is 2. The van der Waals surface area contributed by atoms with Crippen molar-refractivity contribution in [1.29, 1.82) is 0 Å². The number of nitrogens with zero attached hydrogens (tertiary/aromatic N) is 2. The lowest BCUT2D eigenvalue weighted by atomic mass is 10.1. The molecule has 27 heavy (non-hydrogen) atoms. The highest BCUT2D eigenvalue weighted by Crippen LogP contribution is 2.29. The van der Waals surface area contributed by atoms with Gasteiger partial charge in [-0.3, -0.25) is 9.20 Å². The van der Waals surface area contributed by atoms with Crippen LogP contribution in [0, 0.1) is 5.82 Å². The molecule has 0 aliphatic carbocycles. The minimum Gasteiger partial charge on any atom is -0.494 e. The fraction of sp³-hybridized carbons (Fsp3) is 0.0476. The van der Waals surface area contributed by atoms with Crippen molar-refractivity contribution in [2.24, 2.45) is 0 Å². The average Bonchev–Trinajstić information content (AvgIpc) is 3.07. The zero-order valence-electron chi connectivity index (χ0n) is 14.5. The Morgan fingerprint density at radius 3 is 2.59 bits per heavy atom. The molecule has 0 fully saturated rings. The molecule has 2 aromatic carbocycles. The number of nitrogens with one attached hydrogen (secondary N) is 1. The minimum atomic E-state index is -0.591. The molecule has 5 nitrogen and oxygen atoms in total. The highest BCUT2D eigenvalue weighted by atomic mass is 19.1. The first kappa shape index (κ1) is 16.8. The Kier molecular flexibility index (Phi) is 4.30. The van der Waals surface area contributed by atoms with Crippen LogP contribution in [0.25, 0.3) is 16.9 Å². The maximum atomic E-state index is 14.0. The molecule has 0 atom stereocenters. The van der Waals surface area contributed by atoms with Crippen LogP contribution in [0.3, 0.4) is 0 Å². The molecule has 0 aliphatic heterocycles. The van der Waals surface area contributed by atoms with Gasteiger partial charge in [-0.25, -0.2) is 9.37 Å². The van der Waals surface area contributed by atoms with E-state index in [0.29, 0.717) is 17.2 Å². The monoisotopic (exact) mass is 361 g/mol. The van der Waals surface area contributed by atoms with E-state index in [1.807, 2.05) is 54.7 Å². The fourth-order valence-corrected chi connectivity index (χ4v) is 2.90. The second-order valence-corrected chi connectivity index (χ2v) is 5.91. The smallest absolute Gasteiger partial charge is 0.256 e. The Hall–Kier alpha value is -3.67. The van der Waals surface area contributed by atoms with E-state index in [9.17, 15) is 9.18 Å². The second-order valence-electron chi connectivity index (χ2n) is 5.91. The summed E-state index contributed by atoms with van der Waals surface area (Å²) in [4.78, 5) is 17.4. The molecule has 2 aromatic heterocycles. The first-order valence-corrected chi connectivity index (χ1v) is 8.35. The Balaban J connectivity index is 1.77. The number of carbonyl (C=O) groups is 1. The van der Waals surface area contributed by atoms with Crippen LogP contribution in [0.2, 0.25) is 0 Å². The van der Waals surface area contributed by atoms with Gasteiger partial charge >= 0.3 is 0 Å². The molecule has 0 unspecified atom stereocenters. The molecular weight excluding hydrogens is 345 g/mol. The van der Waals surface area contributed by atoms with Gasteiger partial charge in [0.25, 0.3) is 5.91 Å². The van der Waals surface area contributed by atoms with Gasteiger partial charge in [-0.2, -0.15) is 0 Å². The van der Waals surface area contributed by atoms with Gasteiger partial charge in [0.2, 0.25) is 0 Å². The number of rotatable bonds is 4. The maximum absolute atomic E-state index is 14.0. The van der Waals surface area contributed by atoms with Crippen LogP contribution in [0.15, 0.2) is 72.9 Å². The number of methoxy groups -OCH3 is 1. The third-order valence-electron chi connectivity index (χ3n) is 4.22. The lowest BCUT2D eigenvalue weighted by molar-refractivity contribution is 0.102. The van der Waals surface area contributed by atoms with Crippen LogP contribution in [-0.2, 0) is 0 Å². The van der Waals surface area contributed by atoms with Crippen LogP contribution in [0.4, 0.5) is 10.2 Å². The molecule has 6 heteroatoms. The number of carbonyl (C=O) groups excluding carboxylic acids is 1. The highest BCUT2D eigenvalue weighted by Gasteiger charge is 2.18.